The second kappa shape index (κ2) is 12.8. The Morgan fingerprint density at radius 3 is 2.12 bits per heavy atom. The van der Waals surface area contributed by atoms with E-state index in [9.17, 15) is 18.0 Å². The molecule has 0 bridgehead atoms. The highest BCUT2D eigenvalue weighted by Gasteiger charge is 2.46. The molecule has 3 aliphatic rings. The highest BCUT2D eigenvalue weighted by molar-refractivity contribution is 7.88. The van der Waals surface area contributed by atoms with E-state index < -0.39 is 28.0 Å². The summed E-state index contributed by atoms with van der Waals surface area (Å²) in [4.78, 5) is 30.0. The third-order valence-electron chi connectivity index (χ3n) is 8.83. The normalized spacial score (nSPS) is 25.4. The van der Waals surface area contributed by atoms with Crippen molar-refractivity contribution in [3.05, 3.63) is 71.8 Å². The zero-order valence-corrected chi connectivity index (χ0v) is 24.0. The maximum Gasteiger partial charge on any atom is 0.259 e. The molecule has 3 fully saturated rings. The Balaban J connectivity index is 1.47. The van der Waals surface area contributed by atoms with Crippen LogP contribution >= 0.6 is 0 Å². The highest BCUT2D eigenvalue weighted by atomic mass is 32.2. The van der Waals surface area contributed by atoms with E-state index in [1.54, 1.807) is 29.2 Å². The molecule has 2 unspecified atom stereocenters. The number of sulfonamides is 1. The minimum absolute atomic E-state index is 0.0791. The van der Waals surface area contributed by atoms with E-state index in [1.165, 1.54) is 4.31 Å². The first-order valence-corrected chi connectivity index (χ1v) is 16.4. The number of carbonyl (C=O) groups excluding carboxylic acids is 2. The lowest BCUT2D eigenvalue weighted by Crippen LogP contribution is -2.65. The summed E-state index contributed by atoms with van der Waals surface area (Å²) in [5, 5.41) is 3.11. The molecule has 3 N–H and O–H groups in total. The minimum Gasteiger partial charge on any atom is -0.350 e. The van der Waals surface area contributed by atoms with Gasteiger partial charge in [-0.05, 0) is 62.0 Å². The van der Waals surface area contributed by atoms with E-state index in [2.05, 4.69) is 5.32 Å². The summed E-state index contributed by atoms with van der Waals surface area (Å²) >= 11 is 0. The van der Waals surface area contributed by atoms with Gasteiger partial charge in [0.25, 0.3) is 5.91 Å². The number of nitrogens with one attached hydrogen (secondary N) is 1. The van der Waals surface area contributed by atoms with Crippen molar-refractivity contribution in [2.75, 3.05) is 13.1 Å². The molecule has 5 rings (SSSR count). The second-order valence-electron chi connectivity index (χ2n) is 11.7. The van der Waals surface area contributed by atoms with Crippen LogP contribution in [0.25, 0.3) is 0 Å². The number of nitrogens with two attached hydrogens (primary N) is 1. The fraction of sp³-hybridized carbons (Fsp3) is 0.548. The average Bonchev–Trinajstić information content (AvgIpc) is 3.49. The fourth-order valence-electron chi connectivity index (χ4n) is 6.74. The molecule has 1 heterocycles. The van der Waals surface area contributed by atoms with Gasteiger partial charge in [-0.25, -0.2) is 8.42 Å². The number of hydrogen-bond donors (Lipinski definition) is 2. The molecular weight excluding hydrogens is 524 g/mol. The van der Waals surface area contributed by atoms with Crippen LogP contribution in [0.2, 0.25) is 0 Å². The summed E-state index contributed by atoms with van der Waals surface area (Å²) in [7, 11) is -3.90. The minimum atomic E-state index is -3.90. The van der Waals surface area contributed by atoms with Gasteiger partial charge in [-0.1, -0.05) is 73.5 Å². The predicted molar refractivity (Wildman–Crippen MR) is 155 cm³/mol. The van der Waals surface area contributed by atoms with E-state index >= 15 is 0 Å². The predicted octanol–water partition coefficient (Wildman–Crippen LogP) is 3.74. The Labute approximate surface area is 238 Å². The zero-order chi connectivity index (χ0) is 28.1. The van der Waals surface area contributed by atoms with Crippen LogP contribution in [0.4, 0.5) is 0 Å². The molecule has 2 aromatic carbocycles. The lowest BCUT2D eigenvalue weighted by Gasteiger charge is -2.44. The number of carbonyl (C=O) groups is 2. The van der Waals surface area contributed by atoms with Gasteiger partial charge in [0.1, 0.15) is 0 Å². The number of hydrogen-bond acceptors (Lipinski definition) is 5. The Morgan fingerprint density at radius 2 is 1.48 bits per heavy atom. The van der Waals surface area contributed by atoms with E-state index in [1.807, 2.05) is 36.4 Å². The number of amides is 2. The topological polar surface area (TPSA) is 113 Å². The molecule has 2 aliphatic carbocycles. The Bertz CT molecular complexity index is 1240. The Hall–Kier alpha value is -2.75. The first kappa shape index (κ1) is 28.8. The third kappa shape index (κ3) is 6.58. The third-order valence-corrected chi connectivity index (χ3v) is 10.6. The summed E-state index contributed by atoms with van der Waals surface area (Å²) in [6, 6.07) is 18.8. The summed E-state index contributed by atoms with van der Waals surface area (Å²) in [5.41, 5.74) is 7.67. The highest BCUT2D eigenvalue weighted by Crippen LogP contribution is 2.39. The molecule has 8 nitrogen and oxygen atoms in total. The van der Waals surface area contributed by atoms with Gasteiger partial charge in [-0.3, -0.25) is 9.59 Å². The first-order chi connectivity index (χ1) is 19.3. The molecule has 2 amide bonds. The van der Waals surface area contributed by atoms with Gasteiger partial charge in [0.15, 0.2) is 6.17 Å². The molecule has 2 atom stereocenters. The quantitative estimate of drug-likeness (QED) is 0.506. The van der Waals surface area contributed by atoms with Gasteiger partial charge in [0.2, 0.25) is 15.9 Å². The Morgan fingerprint density at radius 1 is 0.850 bits per heavy atom. The van der Waals surface area contributed by atoms with Crippen LogP contribution in [0.5, 0.6) is 0 Å². The van der Waals surface area contributed by atoms with Gasteiger partial charge < -0.3 is 16.0 Å². The number of benzene rings is 2. The van der Waals surface area contributed by atoms with Crippen molar-refractivity contribution < 1.29 is 18.0 Å². The van der Waals surface area contributed by atoms with E-state index in [4.69, 9.17) is 5.73 Å². The number of rotatable bonds is 8. The molecule has 0 radical (unpaired) electrons. The van der Waals surface area contributed by atoms with E-state index in [0.717, 1.165) is 56.9 Å². The monoisotopic (exact) mass is 566 g/mol. The van der Waals surface area contributed by atoms with Gasteiger partial charge in [0, 0.05) is 25.2 Å². The smallest absolute Gasteiger partial charge is 0.259 e. The van der Waals surface area contributed by atoms with Crippen molar-refractivity contribution in [3.8, 4) is 0 Å². The molecule has 9 heteroatoms. The number of nitrogens with zero attached hydrogens (tertiary/aromatic N) is 2. The molecule has 1 saturated heterocycles. The van der Waals surface area contributed by atoms with Gasteiger partial charge in [-0.2, -0.15) is 4.31 Å². The SMILES string of the molecule is NC1CCC(NC(=O)C2N(C(=O)C(c3ccccc3)C3CCCC3)CCCN2S(=O)(=O)Cc2ccccc2)CC1. The molecule has 40 heavy (non-hydrogen) atoms. The van der Waals surface area contributed by atoms with Crippen LogP contribution in [0.3, 0.4) is 0 Å². The molecule has 0 spiro atoms. The second-order valence-corrected chi connectivity index (χ2v) is 13.6. The summed E-state index contributed by atoms with van der Waals surface area (Å²) in [6.07, 6.45) is 6.45. The Kier molecular flexibility index (Phi) is 9.23. The molecular formula is C31H42N4O4S. The van der Waals surface area contributed by atoms with Crippen molar-refractivity contribution in [2.24, 2.45) is 11.7 Å². The fourth-order valence-corrected chi connectivity index (χ4v) is 8.44. The molecule has 216 valence electrons. The zero-order valence-electron chi connectivity index (χ0n) is 23.2. The summed E-state index contributed by atoms with van der Waals surface area (Å²) in [6.45, 7) is 0.547. The van der Waals surface area contributed by atoms with Crippen LogP contribution in [0.15, 0.2) is 60.7 Å². The van der Waals surface area contributed by atoms with Crippen molar-refractivity contribution in [3.63, 3.8) is 0 Å². The maximum absolute atomic E-state index is 14.5. The van der Waals surface area contributed by atoms with Crippen LogP contribution in [-0.2, 0) is 25.4 Å². The lowest BCUT2D eigenvalue weighted by atomic mass is 9.83. The van der Waals surface area contributed by atoms with Crippen molar-refractivity contribution in [1.29, 1.82) is 0 Å². The standard InChI is InChI=1S/C31H42N4O4S/c32-26-16-18-27(19-17-26)33-29(36)30-34(20-9-21-35(30)40(38,39)22-23-10-3-1-4-11-23)31(37)28(25-14-7-8-15-25)24-12-5-2-6-13-24/h1-6,10-13,25-28,30H,7-9,14-22,32H2,(H,33,36). The summed E-state index contributed by atoms with van der Waals surface area (Å²) < 4.78 is 29.0. The van der Waals surface area contributed by atoms with Crippen molar-refractivity contribution >= 4 is 21.8 Å². The van der Waals surface area contributed by atoms with Gasteiger partial charge in [0.05, 0.1) is 11.7 Å². The maximum atomic E-state index is 14.5. The van der Waals surface area contributed by atoms with E-state index in [0.29, 0.717) is 18.5 Å². The molecule has 2 saturated carbocycles. The molecule has 2 aromatic rings. The van der Waals surface area contributed by atoms with Crippen LogP contribution in [-0.4, -0.2) is 60.8 Å². The van der Waals surface area contributed by atoms with Crippen molar-refractivity contribution in [2.45, 2.75) is 87.7 Å². The van der Waals surface area contributed by atoms with E-state index in [-0.39, 0.29) is 36.2 Å². The molecule has 0 aromatic heterocycles. The van der Waals surface area contributed by atoms with Crippen molar-refractivity contribution in [1.82, 2.24) is 14.5 Å². The largest absolute Gasteiger partial charge is 0.350 e. The lowest BCUT2D eigenvalue weighted by molar-refractivity contribution is -0.150. The average molecular weight is 567 g/mol. The molecule has 1 aliphatic heterocycles. The van der Waals surface area contributed by atoms with Crippen LogP contribution in [0.1, 0.15) is 74.8 Å². The summed E-state index contributed by atoms with van der Waals surface area (Å²) in [5.74, 6) is -1.01. The van der Waals surface area contributed by atoms with Crippen LogP contribution in [0, 0.1) is 5.92 Å². The van der Waals surface area contributed by atoms with Crippen LogP contribution < -0.4 is 11.1 Å². The van der Waals surface area contributed by atoms with Gasteiger partial charge >= 0.3 is 0 Å². The van der Waals surface area contributed by atoms with Gasteiger partial charge in [-0.15, -0.1) is 0 Å². The first-order valence-electron chi connectivity index (χ1n) is 14.8.